The van der Waals surface area contributed by atoms with Gasteiger partial charge in [-0.05, 0) is 49.9 Å². The highest BCUT2D eigenvalue weighted by Crippen LogP contribution is 2.38. The van der Waals surface area contributed by atoms with E-state index in [0.717, 1.165) is 17.8 Å². The Labute approximate surface area is 88.4 Å². The molecule has 0 saturated heterocycles. The normalized spacial score (nSPS) is 36.4. The third kappa shape index (κ3) is 2.50. The van der Waals surface area contributed by atoms with E-state index < -0.39 is 0 Å². The van der Waals surface area contributed by atoms with Crippen molar-refractivity contribution < 1.29 is 0 Å². The summed E-state index contributed by atoms with van der Waals surface area (Å²) in [5.41, 5.74) is 5.92. The van der Waals surface area contributed by atoms with Crippen molar-refractivity contribution in [2.75, 3.05) is 0 Å². The molecule has 0 amide bonds. The lowest BCUT2D eigenvalue weighted by Crippen LogP contribution is -2.29. The minimum atomic E-state index is 0.519. The van der Waals surface area contributed by atoms with Crippen LogP contribution in [0, 0.1) is 17.8 Å². The molecule has 0 bridgehead atoms. The predicted molar refractivity (Wildman–Crippen MR) is 61.1 cm³/mol. The first-order valence-corrected chi connectivity index (χ1v) is 6.51. The fraction of sp³-hybridized carbons (Fsp3) is 1.00. The van der Waals surface area contributed by atoms with Crippen molar-refractivity contribution in [2.24, 2.45) is 23.5 Å². The summed E-state index contributed by atoms with van der Waals surface area (Å²) in [5.74, 6) is 3.07. The zero-order valence-electron chi connectivity index (χ0n) is 9.54. The van der Waals surface area contributed by atoms with E-state index in [2.05, 4.69) is 6.92 Å². The van der Waals surface area contributed by atoms with E-state index >= 15 is 0 Å². The standard InChI is InChI=1S/C13H25N/c1-10(12-3-2-4-12)9-11-5-7-13(14)8-6-11/h10-13H,2-9,14H2,1H3. The molecule has 1 unspecified atom stereocenters. The molecule has 1 nitrogen and oxygen atoms in total. The maximum atomic E-state index is 5.92. The van der Waals surface area contributed by atoms with Gasteiger partial charge in [-0.15, -0.1) is 0 Å². The van der Waals surface area contributed by atoms with E-state index in [1.165, 1.54) is 51.4 Å². The van der Waals surface area contributed by atoms with Crippen molar-refractivity contribution in [3.05, 3.63) is 0 Å². The quantitative estimate of drug-likeness (QED) is 0.734. The summed E-state index contributed by atoms with van der Waals surface area (Å²) in [5, 5.41) is 0. The van der Waals surface area contributed by atoms with E-state index in [-0.39, 0.29) is 0 Å². The molecule has 0 heterocycles. The van der Waals surface area contributed by atoms with Crippen LogP contribution in [0.25, 0.3) is 0 Å². The predicted octanol–water partition coefficient (Wildman–Crippen LogP) is 3.33. The van der Waals surface area contributed by atoms with Crippen molar-refractivity contribution >= 4 is 0 Å². The summed E-state index contributed by atoms with van der Waals surface area (Å²) >= 11 is 0. The molecule has 2 aliphatic carbocycles. The van der Waals surface area contributed by atoms with Gasteiger partial charge in [0, 0.05) is 6.04 Å². The van der Waals surface area contributed by atoms with Crippen LogP contribution in [0.5, 0.6) is 0 Å². The maximum Gasteiger partial charge on any atom is 0.00390 e. The van der Waals surface area contributed by atoms with Crippen LogP contribution < -0.4 is 5.73 Å². The lowest BCUT2D eigenvalue weighted by atomic mass is 9.71. The molecule has 1 heteroatoms. The second-order valence-electron chi connectivity index (χ2n) is 5.68. The van der Waals surface area contributed by atoms with Crippen LogP contribution in [-0.2, 0) is 0 Å². The summed E-state index contributed by atoms with van der Waals surface area (Å²) in [7, 11) is 0. The third-order valence-electron chi connectivity index (χ3n) is 4.55. The average Bonchev–Trinajstić information content (AvgIpc) is 2.06. The van der Waals surface area contributed by atoms with Crippen molar-refractivity contribution in [1.29, 1.82) is 0 Å². The van der Waals surface area contributed by atoms with Crippen molar-refractivity contribution in [3.8, 4) is 0 Å². The Balaban J connectivity index is 1.68. The van der Waals surface area contributed by atoms with E-state index in [1.54, 1.807) is 0 Å². The van der Waals surface area contributed by atoms with Crippen molar-refractivity contribution in [2.45, 2.75) is 64.3 Å². The average molecular weight is 195 g/mol. The van der Waals surface area contributed by atoms with Crippen LogP contribution in [0.1, 0.15) is 58.3 Å². The number of hydrogen-bond acceptors (Lipinski definition) is 1. The molecular weight excluding hydrogens is 170 g/mol. The molecule has 2 aliphatic rings. The van der Waals surface area contributed by atoms with Gasteiger partial charge in [-0.25, -0.2) is 0 Å². The van der Waals surface area contributed by atoms with Gasteiger partial charge < -0.3 is 5.73 Å². The van der Waals surface area contributed by atoms with Gasteiger partial charge in [0.25, 0.3) is 0 Å². The first kappa shape index (κ1) is 10.5. The zero-order valence-corrected chi connectivity index (χ0v) is 9.54. The number of hydrogen-bond donors (Lipinski definition) is 1. The van der Waals surface area contributed by atoms with Crippen molar-refractivity contribution in [1.82, 2.24) is 0 Å². The monoisotopic (exact) mass is 195 g/mol. The maximum absolute atomic E-state index is 5.92. The summed E-state index contributed by atoms with van der Waals surface area (Å²) in [4.78, 5) is 0. The molecule has 0 spiro atoms. The molecule has 2 fully saturated rings. The Bertz CT molecular complexity index is 166. The summed E-state index contributed by atoms with van der Waals surface area (Å²) in [6.45, 7) is 2.47. The van der Waals surface area contributed by atoms with E-state index in [9.17, 15) is 0 Å². The minimum Gasteiger partial charge on any atom is -0.328 e. The molecule has 2 N–H and O–H groups in total. The van der Waals surface area contributed by atoms with Gasteiger partial charge in [-0.3, -0.25) is 0 Å². The Morgan fingerprint density at radius 2 is 1.71 bits per heavy atom. The largest absolute Gasteiger partial charge is 0.328 e. The molecule has 82 valence electrons. The molecule has 1 atom stereocenters. The molecule has 0 radical (unpaired) electrons. The number of nitrogens with two attached hydrogens (primary N) is 1. The summed E-state index contributed by atoms with van der Waals surface area (Å²) < 4.78 is 0. The Morgan fingerprint density at radius 3 is 2.21 bits per heavy atom. The molecule has 0 aliphatic heterocycles. The van der Waals surface area contributed by atoms with Gasteiger partial charge in [-0.1, -0.05) is 26.2 Å². The Kier molecular flexibility index (Phi) is 3.48. The Morgan fingerprint density at radius 1 is 1.07 bits per heavy atom. The molecule has 0 aromatic carbocycles. The number of rotatable bonds is 3. The van der Waals surface area contributed by atoms with Gasteiger partial charge in [0.05, 0.1) is 0 Å². The zero-order chi connectivity index (χ0) is 9.97. The van der Waals surface area contributed by atoms with Gasteiger partial charge in [0.2, 0.25) is 0 Å². The molecule has 2 rings (SSSR count). The van der Waals surface area contributed by atoms with Crippen molar-refractivity contribution in [3.63, 3.8) is 0 Å². The van der Waals surface area contributed by atoms with E-state index in [1.807, 2.05) is 0 Å². The third-order valence-corrected chi connectivity index (χ3v) is 4.55. The van der Waals surface area contributed by atoms with E-state index in [4.69, 9.17) is 5.73 Å². The molecule has 2 saturated carbocycles. The summed E-state index contributed by atoms with van der Waals surface area (Å²) in [6.07, 6.45) is 11.4. The fourth-order valence-electron chi connectivity index (χ4n) is 3.15. The van der Waals surface area contributed by atoms with Crippen LogP contribution in [0.3, 0.4) is 0 Å². The van der Waals surface area contributed by atoms with Gasteiger partial charge in [0.15, 0.2) is 0 Å². The molecule has 0 aromatic rings. The smallest absolute Gasteiger partial charge is 0.00390 e. The fourth-order valence-corrected chi connectivity index (χ4v) is 3.15. The molecule has 0 aromatic heterocycles. The van der Waals surface area contributed by atoms with Gasteiger partial charge in [0.1, 0.15) is 0 Å². The highest BCUT2D eigenvalue weighted by molar-refractivity contribution is 4.80. The second-order valence-corrected chi connectivity index (χ2v) is 5.68. The van der Waals surface area contributed by atoms with Crippen LogP contribution >= 0.6 is 0 Å². The Hall–Kier alpha value is -0.0400. The second kappa shape index (κ2) is 4.65. The molecule has 14 heavy (non-hydrogen) atoms. The lowest BCUT2D eigenvalue weighted by molar-refractivity contribution is 0.170. The van der Waals surface area contributed by atoms with Crippen LogP contribution in [0.2, 0.25) is 0 Å². The first-order chi connectivity index (χ1) is 6.75. The summed E-state index contributed by atoms with van der Waals surface area (Å²) in [6, 6.07) is 0.519. The highest BCUT2D eigenvalue weighted by Gasteiger charge is 2.27. The van der Waals surface area contributed by atoms with E-state index in [0.29, 0.717) is 6.04 Å². The van der Waals surface area contributed by atoms with Crippen LogP contribution in [-0.4, -0.2) is 6.04 Å². The van der Waals surface area contributed by atoms with Gasteiger partial charge >= 0.3 is 0 Å². The molecular formula is C13H25N. The SMILES string of the molecule is CC(CC1CCC(N)CC1)C1CCC1. The first-order valence-electron chi connectivity index (χ1n) is 6.51. The van der Waals surface area contributed by atoms with Crippen LogP contribution in [0.15, 0.2) is 0 Å². The topological polar surface area (TPSA) is 26.0 Å². The lowest BCUT2D eigenvalue weighted by Gasteiger charge is -2.35. The minimum absolute atomic E-state index is 0.519. The van der Waals surface area contributed by atoms with Gasteiger partial charge in [-0.2, -0.15) is 0 Å². The highest BCUT2D eigenvalue weighted by atomic mass is 14.6. The van der Waals surface area contributed by atoms with Crippen LogP contribution in [0.4, 0.5) is 0 Å².